The predicted octanol–water partition coefficient (Wildman–Crippen LogP) is 3.42. The lowest BCUT2D eigenvalue weighted by Crippen LogP contribution is -2.43. The van der Waals surface area contributed by atoms with Crippen molar-refractivity contribution in [2.24, 2.45) is 0 Å². The third kappa shape index (κ3) is 4.97. The number of anilines is 1. The number of nitrogens with one attached hydrogen (secondary N) is 1. The van der Waals surface area contributed by atoms with E-state index in [9.17, 15) is 18.0 Å². The molecular formula is C22H29N3O5S2. The van der Waals surface area contributed by atoms with E-state index in [0.29, 0.717) is 43.2 Å². The lowest BCUT2D eigenvalue weighted by atomic mass is 10.2. The van der Waals surface area contributed by atoms with Gasteiger partial charge in [-0.1, -0.05) is 19.9 Å². The molecule has 1 aliphatic rings. The van der Waals surface area contributed by atoms with Crippen LogP contribution in [0.5, 0.6) is 5.75 Å². The van der Waals surface area contributed by atoms with E-state index < -0.39 is 16.1 Å². The zero-order chi connectivity index (χ0) is 23.3. The second-order valence-corrected chi connectivity index (χ2v) is 10.2. The molecule has 1 aliphatic heterocycles. The standard InChI is InChI=1S/C22H29N3O5S2/c1-4-24(5-2)32(28,29)20-15-16(11-12-18(20)30-6-3)23-21(26)17-9-7-13-25(17)22(27)19-10-8-14-31-19/h8,10-12,14-15,17H,4-7,9,13H2,1-3H3,(H,23,26)/t17-/m0/s1. The summed E-state index contributed by atoms with van der Waals surface area (Å²) < 4.78 is 33.2. The highest BCUT2D eigenvalue weighted by atomic mass is 32.2. The SMILES string of the molecule is CCOc1ccc(NC(=O)[C@@H]2CCCN2C(=O)c2cccs2)cc1S(=O)(=O)N(CC)CC. The average molecular weight is 480 g/mol. The van der Waals surface area contributed by atoms with Crippen LogP contribution >= 0.6 is 11.3 Å². The average Bonchev–Trinajstić information content (AvgIpc) is 3.47. The van der Waals surface area contributed by atoms with Gasteiger partial charge in [-0.05, 0) is 49.4 Å². The van der Waals surface area contributed by atoms with Gasteiger partial charge in [0.05, 0.1) is 11.5 Å². The highest BCUT2D eigenvalue weighted by Gasteiger charge is 2.35. The fraction of sp³-hybridized carbons (Fsp3) is 0.455. The number of ether oxygens (including phenoxy) is 1. The van der Waals surface area contributed by atoms with Crippen molar-refractivity contribution in [2.75, 3.05) is 31.6 Å². The molecule has 0 bridgehead atoms. The van der Waals surface area contributed by atoms with Gasteiger partial charge in [-0.3, -0.25) is 9.59 Å². The molecule has 0 saturated carbocycles. The Morgan fingerprint density at radius 3 is 2.59 bits per heavy atom. The summed E-state index contributed by atoms with van der Waals surface area (Å²) >= 11 is 1.35. The van der Waals surface area contributed by atoms with E-state index in [1.165, 1.54) is 21.7 Å². The number of likely N-dealkylation sites (tertiary alicyclic amines) is 1. The van der Waals surface area contributed by atoms with Crippen LogP contribution in [-0.4, -0.2) is 61.7 Å². The van der Waals surface area contributed by atoms with Crippen molar-refractivity contribution in [3.8, 4) is 5.75 Å². The molecule has 2 amide bonds. The normalized spacial score (nSPS) is 16.4. The quantitative estimate of drug-likeness (QED) is 0.595. The van der Waals surface area contributed by atoms with Crippen molar-refractivity contribution in [2.45, 2.75) is 44.6 Å². The Bertz CT molecular complexity index is 1050. The van der Waals surface area contributed by atoms with Crippen molar-refractivity contribution in [3.05, 3.63) is 40.6 Å². The third-order valence-corrected chi connectivity index (χ3v) is 8.31. The molecule has 1 N–H and O–H groups in total. The molecule has 0 aliphatic carbocycles. The Morgan fingerprint density at radius 1 is 1.22 bits per heavy atom. The Hall–Kier alpha value is -2.43. The number of hydrogen-bond donors (Lipinski definition) is 1. The predicted molar refractivity (Wildman–Crippen MR) is 125 cm³/mol. The van der Waals surface area contributed by atoms with Gasteiger partial charge in [0.1, 0.15) is 16.7 Å². The molecule has 1 aromatic carbocycles. The second kappa shape index (κ2) is 10.5. The Morgan fingerprint density at radius 2 is 1.97 bits per heavy atom. The van der Waals surface area contributed by atoms with Crippen molar-refractivity contribution < 1.29 is 22.7 Å². The minimum Gasteiger partial charge on any atom is -0.492 e. The number of benzene rings is 1. The van der Waals surface area contributed by atoms with Gasteiger partial charge >= 0.3 is 0 Å². The first-order chi connectivity index (χ1) is 15.3. The van der Waals surface area contributed by atoms with Gasteiger partial charge in [-0.25, -0.2) is 8.42 Å². The van der Waals surface area contributed by atoms with Crippen molar-refractivity contribution in [1.29, 1.82) is 0 Å². The first-order valence-corrected chi connectivity index (χ1v) is 13.1. The summed E-state index contributed by atoms with van der Waals surface area (Å²) in [7, 11) is -3.79. The summed E-state index contributed by atoms with van der Waals surface area (Å²) in [5.41, 5.74) is 0.347. The molecule has 1 saturated heterocycles. The maximum atomic E-state index is 13.1. The van der Waals surface area contributed by atoms with E-state index in [4.69, 9.17) is 4.74 Å². The zero-order valence-electron chi connectivity index (χ0n) is 18.5. The number of nitrogens with zero attached hydrogens (tertiary/aromatic N) is 2. The summed E-state index contributed by atoms with van der Waals surface area (Å²) in [4.78, 5) is 28.0. The molecule has 174 valence electrons. The summed E-state index contributed by atoms with van der Waals surface area (Å²) in [6, 6.07) is 7.55. The third-order valence-electron chi connectivity index (χ3n) is 5.38. The van der Waals surface area contributed by atoms with Crippen molar-refractivity contribution >= 4 is 38.9 Å². The number of thiophene rings is 1. The van der Waals surface area contributed by atoms with Crippen LogP contribution in [0.2, 0.25) is 0 Å². The van der Waals surface area contributed by atoms with Gasteiger partial charge in [0.25, 0.3) is 5.91 Å². The molecule has 1 fully saturated rings. The number of sulfonamides is 1. The first-order valence-electron chi connectivity index (χ1n) is 10.8. The monoisotopic (exact) mass is 479 g/mol. The molecule has 2 aromatic rings. The fourth-order valence-electron chi connectivity index (χ4n) is 3.81. The largest absolute Gasteiger partial charge is 0.492 e. The van der Waals surface area contributed by atoms with E-state index in [2.05, 4.69) is 5.32 Å². The topological polar surface area (TPSA) is 96.0 Å². The van der Waals surface area contributed by atoms with Crippen LogP contribution in [0.3, 0.4) is 0 Å². The van der Waals surface area contributed by atoms with Crippen LogP contribution in [0, 0.1) is 0 Å². The summed E-state index contributed by atoms with van der Waals surface area (Å²) in [5, 5.41) is 4.63. The number of carbonyl (C=O) groups excluding carboxylic acids is 2. The Labute approximate surface area is 193 Å². The number of hydrogen-bond acceptors (Lipinski definition) is 6. The summed E-state index contributed by atoms with van der Waals surface area (Å²) in [5.74, 6) is -0.246. The highest BCUT2D eigenvalue weighted by Crippen LogP contribution is 2.31. The van der Waals surface area contributed by atoms with Crippen LogP contribution in [0.25, 0.3) is 0 Å². The first kappa shape index (κ1) is 24.2. The lowest BCUT2D eigenvalue weighted by Gasteiger charge is -2.24. The maximum Gasteiger partial charge on any atom is 0.264 e. The zero-order valence-corrected chi connectivity index (χ0v) is 20.2. The van der Waals surface area contributed by atoms with E-state index in [1.54, 1.807) is 49.9 Å². The summed E-state index contributed by atoms with van der Waals surface area (Å²) in [6.07, 6.45) is 1.30. The molecule has 3 rings (SSSR count). The molecule has 0 spiro atoms. The van der Waals surface area contributed by atoms with E-state index >= 15 is 0 Å². The maximum absolute atomic E-state index is 13.1. The van der Waals surface area contributed by atoms with Crippen LogP contribution in [0.4, 0.5) is 5.69 Å². The molecule has 2 heterocycles. The van der Waals surface area contributed by atoms with E-state index in [0.717, 1.165) is 6.42 Å². The molecule has 8 nitrogen and oxygen atoms in total. The van der Waals surface area contributed by atoms with Crippen molar-refractivity contribution in [3.63, 3.8) is 0 Å². The Balaban J connectivity index is 1.85. The number of rotatable bonds is 9. The smallest absolute Gasteiger partial charge is 0.264 e. The van der Waals surface area contributed by atoms with Crippen molar-refractivity contribution in [1.82, 2.24) is 9.21 Å². The van der Waals surface area contributed by atoms with Gasteiger partial charge in [-0.2, -0.15) is 4.31 Å². The van der Waals surface area contributed by atoms with Crippen LogP contribution in [0.15, 0.2) is 40.6 Å². The minimum absolute atomic E-state index is 0.0128. The van der Waals surface area contributed by atoms with Crippen LogP contribution in [-0.2, 0) is 14.8 Å². The van der Waals surface area contributed by atoms with E-state index in [1.807, 2.05) is 5.38 Å². The number of amides is 2. The second-order valence-electron chi connectivity index (χ2n) is 7.31. The molecule has 1 atom stereocenters. The molecule has 10 heteroatoms. The number of carbonyl (C=O) groups is 2. The van der Waals surface area contributed by atoms with E-state index in [-0.39, 0.29) is 22.5 Å². The van der Waals surface area contributed by atoms with Gasteiger partial charge < -0.3 is 15.0 Å². The minimum atomic E-state index is -3.79. The molecule has 0 radical (unpaired) electrons. The summed E-state index contributed by atoms with van der Waals surface area (Å²) in [6.45, 7) is 6.79. The fourth-order valence-corrected chi connectivity index (χ4v) is 6.11. The van der Waals surface area contributed by atoms with Gasteiger partial charge in [-0.15, -0.1) is 11.3 Å². The molecular weight excluding hydrogens is 450 g/mol. The molecule has 0 unspecified atom stereocenters. The Kier molecular flexibility index (Phi) is 7.91. The van der Waals surface area contributed by atoms with Crippen LogP contribution < -0.4 is 10.1 Å². The lowest BCUT2D eigenvalue weighted by molar-refractivity contribution is -0.119. The van der Waals surface area contributed by atoms with Gasteiger partial charge in [0, 0.05) is 25.3 Å². The van der Waals surface area contributed by atoms with Crippen LogP contribution in [0.1, 0.15) is 43.3 Å². The van der Waals surface area contributed by atoms with Gasteiger partial charge in [0.2, 0.25) is 15.9 Å². The highest BCUT2D eigenvalue weighted by molar-refractivity contribution is 7.89. The molecule has 1 aromatic heterocycles. The molecule has 32 heavy (non-hydrogen) atoms. The van der Waals surface area contributed by atoms with Gasteiger partial charge in [0.15, 0.2) is 0 Å².